The molecule has 0 unspecified atom stereocenters. The predicted octanol–water partition coefficient (Wildman–Crippen LogP) is 8.27. The molecule has 0 saturated carbocycles. The zero-order valence-electron chi connectivity index (χ0n) is 22.4. The number of benzene rings is 1. The number of unbranched alkanes of at least 4 members (excludes halogenated alkanes) is 18. The molecule has 0 aliphatic heterocycles. The normalized spacial score (nSPS) is 10.9. The minimum atomic E-state index is -0.266. The van der Waals surface area contributed by atoms with Crippen molar-refractivity contribution in [2.45, 2.75) is 135 Å². The fraction of sp³-hybridized carbons (Fsp3) is 0.733. The van der Waals surface area contributed by atoms with Crippen molar-refractivity contribution >= 4 is 17.5 Å². The van der Waals surface area contributed by atoms with E-state index in [2.05, 4.69) is 17.6 Å². The average molecular weight is 489 g/mol. The minimum absolute atomic E-state index is 0.0289. The summed E-state index contributed by atoms with van der Waals surface area (Å²) in [6.07, 6.45) is 25.9. The Morgan fingerprint density at radius 3 is 1.43 bits per heavy atom. The quantitative estimate of drug-likeness (QED) is 0.107. The highest BCUT2D eigenvalue weighted by molar-refractivity contribution is 5.94. The molecule has 0 atom stereocenters. The van der Waals surface area contributed by atoms with E-state index in [9.17, 15) is 14.7 Å². The van der Waals surface area contributed by atoms with Gasteiger partial charge in [-0.2, -0.15) is 0 Å². The Labute approximate surface area is 214 Å². The Kier molecular flexibility index (Phi) is 19.9. The third kappa shape index (κ3) is 19.9. The van der Waals surface area contributed by atoms with E-state index in [1.54, 1.807) is 12.1 Å². The SMILES string of the molecule is CCCCCCCCCCCCCCCCCCCCCC(=O)NCC(=O)Nc1ccc(O)cc1. The summed E-state index contributed by atoms with van der Waals surface area (Å²) in [5, 5.41) is 14.6. The maximum Gasteiger partial charge on any atom is 0.243 e. The van der Waals surface area contributed by atoms with E-state index >= 15 is 0 Å². The van der Waals surface area contributed by atoms with Crippen molar-refractivity contribution in [2.75, 3.05) is 11.9 Å². The number of amides is 2. The molecule has 0 radical (unpaired) electrons. The van der Waals surface area contributed by atoms with Crippen LogP contribution in [0.5, 0.6) is 5.75 Å². The second kappa shape index (κ2) is 22.4. The highest BCUT2D eigenvalue weighted by Crippen LogP contribution is 2.15. The molecule has 200 valence electrons. The van der Waals surface area contributed by atoms with Crippen molar-refractivity contribution in [2.24, 2.45) is 0 Å². The number of phenols is 1. The number of aromatic hydroxyl groups is 1. The largest absolute Gasteiger partial charge is 0.508 e. The summed E-state index contributed by atoms with van der Waals surface area (Å²) in [7, 11) is 0. The molecule has 5 nitrogen and oxygen atoms in total. The number of rotatable bonds is 23. The fourth-order valence-corrected chi connectivity index (χ4v) is 4.38. The maximum absolute atomic E-state index is 11.9. The molecule has 2 amide bonds. The van der Waals surface area contributed by atoms with Crippen LogP contribution in [0.1, 0.15) is 135 Å². The number of phenolic OH excluding ortho intramolecular Hbond substituents is 1. The van der Waals surface area contributed by atoms with E-state index in [1.807, 2.05) is 0 Å². The summed E-state index contributed by atoms with van der Waals surface area (Å²) in [6, 6.07) is 6.25. The van der Waals surface area contributed by atoms with E-state index in [0.717, 1.165) is 12.8 Å². The van der Waals surface area contributed by atoms with E-state index < -0.39 is 0 Å². The van der Waals surface area contributed by atoms with E-state index in [0.29, 0.717) is 12.1 Å². The van der Waals surface area contributed by atoms with Crippen molar-refractivity contribution in [1.82, 2.24) is 5.32 Å². The molecular weight excluding hydrogens is 436 g/mol. The van der Waals surface area contributed by atoms with Crippen LogP contribution in [0.15, 0.2) is 24.3 Å². The van der Waals surface area contributed by atoms with E-state index in [4.69, 9.17) is 0 Å². The Hall–Kier alpha value is -2.04. The molecule has 1 aromatic rings. The van der Waals surface area contributed by atoms with Crippen LogP contribution in [-0.2, 0) is 9.59 Å². The topological polar surface area (TPSA) is 78.4 Å². The lowest BCUT2D eigenvalue weighted by Crippen LogP contribution is -2.32. The molecule has 5 heteroatoms. The van der Waals surface area contributed by atoms with Gasteiger partial charge in [-0.1, -0.05) is 122 Å². The van der Waals surface area contributed by atoms with Gasteiger partial charge in [0.1, 0.15) is 5.75 Å². The molecule has 0 aliphatic rings. The summed E-state index contributed by atoms with van der Waals surface area (Å²) in [5.41, 5.74) is 0.598. The Morgan fingerprint density at radius 2 is 1.00 bits per heavy atom. The van der Waals surface area contributed by atoms with Gasteiger partial charge < -0.3 is 15.7 Å². The molecule has 3 N–H and O–H groups in total. The van der Waals surface area contributed by atoms with E-state index in [-0.39, 0.29) is 24.1 Å². The molecule has 0 saturated heterocycles. The lowest BCUT2D eigenvalue weighted by atomic mass is 10.0. The molecule has 1 aromatic carbocycles. The number of carbonyl (C=O) groups excluding carboxylic acids is 2. The average Bonchev–Trinajstić information content (AvgIpc) is 2.85. The van der Waals surface area contributed by atoms with Gasteiger partial charge in [0.05, 0.1) is 6.54 Å². The van der Waals surface area contributed by atoms with Crippen molar-refractivity contribution in [3.63, 3.8) is 0 Å². The maximum atomic E-state index is 11.9. The van der Waals surface area contributed by atoms with Crippen molar-refractivity contribution in [3.05, 3.63) is 24.3 Å². The highest BCUT2D eigenvalue weighted by Gasteiger charge is 2.06. The Balaban J connectivity index is 1.79. The highest BCUT2D eigenvalue weighted by atomic mass is 16.3. The van der Waals surface area contributed by atoms with Crippen molar-refractivity contribution in [3.8, 4) is 5.75 Å². The molecule has 35 heavy (non-hydrogen) atoms. The standard InChI is InChI=1S/C30H52N2O3/c1-2-3-4-5-6-7-8-9-10-11-12-13-14-15-16-17-18-19-20-21-29(34)31-26-30(35)32-27-22-24-28(33)25-23-27/h22-25,33H,2-21,26H2,1H3,(H,31,34)(H,32,35). The third-order valence-electron chi connectivity index (χ3n) is 6.60. The van der Waals surface area contributed by atoms with Crippen LogP contribution in [0.4, 0.5) is 5.69 Å². The van der Waals surface area contributed by atoms with Crippen LogP contribution in [-0.4, -0.2) is 23.5 Å². The number of hydrogen-bond donors (Lipinski definition) is 3. The molecule has 0 aromatic heterocycles. The summed E-state index contributed by atoms with van der Waals surface area (Å²) in [6.45, 7) is 2.25. The van der Waals surface area contributed by atoms with Crippen LogP contribution >= 0.6 is 0 Å². The third-order valence-corrected chi connectivity index (χ3v) is 6.60. The van der Waals surface area contributed by atoms with Crippen LogP contribution in [0, 0.1) is 0 Å². The first kappa shape index (κ1) is 31.0. The van der Waals surface area contributed by atoms with Gasteiger partial charge >= 0.3 is 0 Å². The first-order valence-electron chi connectivity index (χ1n) is 14.5. The zero-order chi connectivity index (χ0) is 25.4. The number of nitrogens with one attached hydrogen (secondary N) is 2. The summed E-state index contributed by atoms with van der Waals surface area (Å²) < 4.78 is 0. The van der Waals surface area contributed by atoms with Gasteiger partial charge in [-0.3, -0.25) is 9.59 Å². The summed E-state index contributed by atoms with van der Waals surface area (Å²) in [4.78, 5) is 23.8. The van der Waals surface area contributed by atoms with Crippen molar-refractivity contribution in [1.29, 1.82) is 0 Å². The monoisotopic (exact) mass is 488 g/mol. The van der Waals surface area contributed by atoms with Gasteiger partial charge in [0.25, 0.3) is 0 Å². The minimum Gasteiger partial charge on any atom is -0.508 e. The molecule has 0 heterocycles. The fourth-order valence-electron chi connectivity index (χ4n) is 4.38. The Bertz CT molecular complexity index is 646. The van der Waals surface area contributed by atoms with Gasteiger partial charge in [0, 0.05) is 12.1 Å². The molecule has 0 spiro atoms. The van der Waals surface area contributed by atoms with Gasteiger partial charge in [-0.25, -0.2) is 0 Å². The lowest BCUT2D eigenvalue weighted by molar-refractivity contribution is -0.124. The number of hydrogen-bond acceptors (Lipinski definition) is 3. The smallest absolute Gasteiger partial charge is 0.243 e. The first-order valence-corrected chi connectivity index (χ1v) is 14.5. The summed E-state index contributed by atoms with van der Waals surface area (Å²) in [5.74, 6) is -0.189. The van der Waals surface area contributed by atoms with Gasteiger partial charge in [-0.05, 0) is 30.7 Å². The van der Waals surface area contributed by atoms with Crippen LogP contribution in [0.25, 0.3) is 0 Å². The van der Waals surface area contributed by atoms with Gasteiger partial charge in [0.2, 0.25) is 11.8 Å². The number of carbonyl (C=O) groups is 2. The lowest BCUT2D eigenvalue weighted by Gasteiger charge is -2.07. The molecule has 0 bridgehead atoms. The van der Waals surface area contributed by atoms with Gasteiger partial charge in [0.15, 0.2) is 0 Å². The Morgan fingerprint density at radius 1 is 0.600 bits per heavy atom. The van der Waals surface area contributed by atoms with Crippen LogP contribution in [0.3, 0.4) is 0 Å². The van der Waals surface area contributed by atoms with Crippen LogP contribution < -0.4 is 10.6 Å². The summed E-state index contributed by atoms with van der Waals surface area (Å²) >= 11 is 0. The molecule has 0 fully saturated rings. The zero-order valence-corrected chi connectivity index (χ0v) is 22.4. The molecule has 1 rings (SSSR count). The van der Waals surface area contributed by atoms with Gasteiger partial charge in [-0.15, -0.1) is 0 Å². The van der Waals surface area contributed by atoms with Crippen LogP contribution in [0.2, 0.25) is 0 Å². The molecule has 0 aliphatic carbocycles. The molecular formula is C30H52N2O3. The second-order valence-electron chi connectivity index (χ2n) is 9.99. The first-order chi connectivity index (χ1) is 17.1. The predicted molar refractivity (Wildman–Crippen MR) is 148 cm³/mol. The van der Waals surface area contributed by atoms with Crippen molar-refractivity contribution < 1.29 is 14.7 Å². The number of anilines is 1. The van der Waals surface area contributed by atoms with E-state index in [1.165, 1.54) is 121 Å². The second-order valence-corrected chi connectivity index (χ2v) is 9.99.